The molecule has 0 aromatic heterocycles. The summed E-state index contributed by atoms with van der Waals surface area (Å²) in [5.74, 6) is 0.0896. The van der Waals surface area contributed by atoms with E-state index in [0.29, 0.717) is 13.0 Å². The lowest BCUT2D eigenvalue weighted by molar-refractivity contribution is -0.125. The third-order valence-corrected chi connectivity index (χ3v) is 2.43. The molecule has 0 unspecified atom stereocenters. The van der Waals surface area contributed by atoms with Gasteiger partial charge in [0.2, 0.25) is 0 Å². The second-order valence-electron chi connectivity index (χ2n) is 3.95. The van der Waals surface area contributed by atoms with Crippen molar-refractivity contribution >= 4 is 11.9 Å². The Labute approximate surface area is 89.1 Å². The number of hydrogen-bond acceptors (Lipinski definition) is 4. The van der Waals surface area contributed by atoms with Crippen molar-refractivity contribution in [2.45, 2.75) is 26.5 Å². The average molecular weight is 215 g/mol. The first-order chi connectivity index (χ1) is 7.04. The first kappa shape index (κ1) is 12.0. The Morgan fingerprint density at radius 2 is 2.13 bits per heavy atom. The highest BCUT2D eigenvalue weighted by atomic mass is 16.6. The number of ether oxygens (including phenoxy) is 2. The fourth-order valence-corrected chi connectivity index (χ4v) is 1.59. The highest BCUT2D eigenvalue weighted by Gasteiger charge is 2.32. The van der Waals surface area contributed by atoms with Gasteiger partial charge in [-0.2, -0.15) is 0 Å². The standard InChI is InChI=1S/C10H17NO4/c1-6(2)9(12)7-4-8(15-5-7)11-10(13)14-3/h6-8H,4-5H2,1-3H3,(H,11,13)/t7-,8-/m1/s1. The summed E-state index contributed by atoms with van der Waals surface area (Å²) < 4.78 is 9.72. The summed E-state index contributed by atoms with van der Waals surface area (Å²) in [6.45, 7) is 4.11. The number of Topliss-reactive ketones (excluding diaryl/α,β-unsaturated/α-hetero) is 1. The summed E-state index contributed by atoms with van der Waals surface area (Å²) in [5, 5.41) is 2.52. The third-order valence-electron chi connectivity index (χ3n) is 2.43. The molecule has 5 nitrogen and oxygen atoms in total. The van der Waals surface area contributed by atoms with E-state index in [-0.39, 0.29) is 17.6 Å². The Balaban J connectivity index is 2.39. The van der Waals surface area contributed by atoms with Crippen LogP contribution in [0.1, 0.15) is 20.3 Å². The quantitative estimate of drug-likeness (QED) is 0.760. The summed E-state index contributed by atoms with van der Waals surface area (Å²) in [6, 6.07) is 0. The van der Waals surface area contributed by atoms with Gasteiger partial charge in [-0.3, -0.25) is 10.1 Å². The number of ketones is 1. The number of amides is 1. The maximum absolute atomic E-state index is 11.6. The third kappa shape index (κ3) is 3.20. The first-order valence-corrected chi connectivity index (χ1v) is 5.04. The fourth-order valence-electron chi connectivity index (χ4n) is 1.59. The van der Waals surface area contributed by atoms with Crippen LogP contribution in [-0.4, -0.2) is 31.8 Å². The smallest absolute Gasteiger partial charge is 0.408 e. The van der Waals surface area contributed by atoms with Gasteiger partial charge < -0.3 is 9.47 Å². The maximum atomic E-state index is 11.6. The molecule has 1 heterocycles. The van der Waals surface area contributed by atoms with E-state index in [1.54, 1.807) is 0 Å². The second kappa shape index (κ2) is 5.11. The van der Waals surface area contributed by atoms with Crippen molar-refractivity contribution in [1.29, 1.82) is 0 Å². The molecule has 0 aliphatic carbocycles. The van der Waals surface area contributed by atoms with Gasteiger partial charge in [0.05, 0.1) is 13.7 Å². The minimum absolute atomic E-state index is 0.00970. The molecule has 0 aromatic carbocycles. The molecule has 1 aliphatic heterocycles. The minimum atomic E-state index is -0.530. The number of carbonyl (C=O) groups is 2. The van der Waals surface area contributed by atoms with E-state index in [4.69, 9.17) is 4.74 Å². The second-order valence-corrected chi connectivity index (χ2v) is 3.95. The molecule has 1 rings (SSSR count). The molecule has 15 heavy (non-hydrogen) atoms. The molecule has 1 N–H and O–H groups in total. The SMILES string of the molecule is COC(=O)N[C@H]1C[C@@H](C(=O)C(C)C)CO1. The van der Waals surface area contributed by atoms with Crippen molar-refractivity contribution in [3.63, 3.8) is 0 Å². The van der Waals surface area contributed by atoms with Crippen LogP contribution < -0.4 is 5.32 Å². The molecule has 2 atom stereocenters. The van der Waals surface area contributed by atoms with E-state index in [2.05, 4.69) is 10.1 Å². The molecule has 1 amide bonds. The van der Waals surface area contributed by atoms with Crippen LogP contribution in [0, 0.1) is 11.8 Å². The predicted molar refractivity (Wildman–Crippen MR) is 53.2 cm³/mol. The van der Waals surface area contributed by atoms with Crippen molar-refractivity contribution < 1.29 is 19.1 Å². The van der Waals surface area contributed by atoms with E-state index in [9.17, 15) is 9.59 Å². The zero-order valence-corrected chi connectivity index (χ0v) is 9.28. The van der Waals surface area contributed by atoms with Crippen LogP contribution in [0.25, 0.3) is 0 Å². The Morgan fingerprint density at radius 3 is 2.67 bits per heavy atom. The van der Waals surface area contributed by atoms with Crippen LogP contribution >= 0.6 is 0 Å². The first-order valence-electron chi connectivity index (χ1n) is 5.04. The van der Waals surface area contributed by atoms with Crippen LogP contribution in [0.2, 0.25) is 0 Å². The molecule has 0 bridgehead atoms. The zero-order chi connectivity index (χ0) is 11.4. The van der Waals surface area contributed by atoms with Crippen LogP contribution in [0.5, 0.6) is 0 Å². The number of carbonyl (C=O) groups excluding carboxylic acids is 2. The highest BCUT2D eigenvalue weighted by Crippen LogP contribution is 2.21. The monoisotopic (exact) mass is 215 g/mol. The van der Waals surface area contributed by atoms with Crippen molar-refractivity contribution in [3.8, 4) is 0 Å². The number of methoxy groups -OCH3 is 1. The van der Waals surface area contributed by atoms with E-state index >= 15 is 0 Å². The Kier molecular flexibility index (Phi) is 4.08. The number of alkyl carbamates (subject to hydrolysis) is 1. The molecule has 5 heteroatoms. The van der Waals surface area contributed by atoms with E-state index in [1.165, 1.54) is 7.11 Å². The lowest BCUT2D eigenvalue weighted by Gasteiger charge is -2.11. The normalized spacial score (nSPS) is 25.3. The topological polar surface area (TPSA) is 64.6 Å². The lowest BCUT2D eigenvalue weighted by Crippen LogP contribution is -2.34. The van der Waals surface area contributed by atoms with E-state index < -0.39 is 12.3 Å². The van der Waals surface area contributed by atoms with Gasteiger partial charge in [-0.05, 0) is 0 Å². The van der Waals surface area contributed by atoms with Gasteiger partial charge in [-0.25, -0.2) is 4.79 Å². The molecule has 0 saturated carbocycles. The van der Waals surface area contributed by atoms with Crippen molar-refractivity contribution in [3.05, 3.63) is 0 Å². The van der Waals surface area contributed by atoms with Crippen molar-refractivity contribution in [2.75, 3.05) is 13.7 Å². The van der Waals surface area contributed by atoms with Crippen molar-refractivity contribution in [1.82, 2.24) is 5.32 Å². The number of nitrogens with one attached hydrogen (secondary N) is 1. The van der Waals surface area contributed by atoms with E-state index in [0.717, 1.165) is 0 Å². The molecule has 86 valence electrons. The van der Waals surface area contributed by atoms with E-state index in [1.807, 2.05) is 13.8 Å². The molecule has 1 aliphatic rings. The molecule has 0 aromatic rings. The van der Waals surface area contributed by atoms with Gasteiger partial charge >= 0.3 is 6.09 Å². The Bertz CT molecular complexity index is 252. The lowest BCUT2D eigenvalue weighted by atomic mass is 9.94. The van der Waals surface area contributed by atoms with Crippen LogP contribution in [0.4, 0.5) is 4.79 Å². The molecule has 1 saturated heterocycles. The number of hydrogen-bond donors (Lipinski definition) is 1. The molecule has 0 radical (unpaired) electrons. The van der Waals surface area contributed by atoms with Gasteiger partial charge in [0.15, 0.2) is 0 Å². The predicted octanol–water partition coefficient (Wildman–Crippen LogP) is 0.930. The number of rotatable bonds is 3. The fraction of sp³-hybridized carbons (Fsp3) is 0.800. The molecular weight excluding hydrogens is 198 g/mol. The van der Waals surface area contributed by atoms with Gasteiger partial charge in [0.1, 0.15) is 12.0 Å². The van der Waals surface area contributed by atoms with Gasteiger partial charge in [-0.15, -0.1) is 0 Å². The minimum Gasteiger partial charge on any atom is -0.453 e. The summed E-state index contributed by atoms with van der Waals surface area (Å²) >= 11 is 0. The largest absolute Gasteiger partial charge is 0.453 e. The maximum Gasteiger partial charge on any atom is 0.408 e. The summed E-state index contributed by atoms with van der Waals surface area (Å²) in [6.07, 6.45) is -0.394. The van der Waals surface area contributed by atoms with Crippen LogP contribution in [0.3, 0.4) is 0 Å². The highest BCUT2D eigenvalue weighted by molar-refractivity contribution is 5.83. The molecule has 0 spiro atoms. The Morgan fingerprint density at radius 1 is 1.47 bits per heavy atom. The van der Waals surface area contributed by atoms with Gasteiger partial charge in [0, 0.05) is 18.3 Å². The van der Waals surface area contributed by atoms with Crippen molar-refractivity contribution in [2.24, 2.45) is 11.8 Å². The van der Waals surface area contributed by atoms with Gasteiger partial charge in [-0.1, -0.05) is 13.8 Å². The Hall–Kier alpha value is -1.10. The summed E-state index contributed by atoms with van der Waals surface area (Å²) in [7, 11) is 1.29. The summed E-state index contributed by atoms with van der Waals surface area (Å²) in [5.41, 5.74) is 0. The van der Waals surface area contributed by atoms with Crippen LogP contribution in [-0.2, 0) is 14.3 Å². The van der Waals surface area contributed by atoms with Crippen LogP contribution in [0.15, 0.2) is 0 Å². The van der Waals surface area contributed by atoms with Gasteiger partial charge in [0.25, 0.3) is 0 Å². The molecule has 1 fully saturated rings. The summed E-state index contributed by atoms with van der Waals surface area (Å²) in [4.78, 5) is 22.5. The molecular formula is C10H17NO4. The zero-order valence-electron chi connectivity index (χ0n) is 9.28. The average Bonchev–Trinajstić information content (AvgIpc) is 2.64.